The molecule has 0 spiro atoms. The van der Waals surface area contributed by atoms with Crippen molar-refractivity contribution in [2.45, 2.75) is 5.75 Å². The summed E-state index contributed by atoms with van der Waals surface area (Å²) in [4.78, 5) is 24.5. The van der Waals surface area contributed by atoms with E-state index in [1.807, 2.05) is 12.1 Å². The van der Waals surface area contributed by atoms with Crippen molar-refractivity contribution in [3.05, 3.63) is 77.5 Å². The third-order valence-corrected chi connectivity index (χ3v) is 4.96. The lowest BCUT2D eigenvalue weighted by atomic mass is 10.1. The Kier molecular flexibility index (Phi) is 6.47. The molecule has 0 saturated carbocycles. The van der Waals surface area contributed by atoms with Crippen LogP contribution in [-0.2, 0) is 25.1 Å². The average molecular weight is 438 g/mol. The number of hydrogen-bond acceptors (Lipinski definition) is 7. The molecule has 1 aromatic heterocycles. The molecule has 1 heterocycles. The molecule has 0 aliphatic carbocycles. The largest absolute Gasteiger partial charge is 0.452 e. The fraction of sp³-hybridized carbons (Fsp3) is 0.143. The standard InChI is InChI=1S/C21H18N4O5S/c1-31(28,29)14-15-7-9-16(10-8-15)21(27)30-13-19(26)24-20-17(11-22)12-23-25(20)18-5-3-2-4-6-18/h2-10,12H,13-14H2,1H3,(H,24,26). The van der Waals surface area contributed by atoms with E-state index in [4.69, 9.17) is 4.74 Å². The van der Waals surface area contributed by atoms with E-state index in [0.29, 0.717) is 11.3 Å². The molecule has 0 aliphatic rings. The Morgan fingerprint density at radius 3 is 2.42 bits per heavy atom. The van der Waals surface area contributed by atoms with Crippen molar-refractivity contribution in [1.29, 1.82) is 5.26 Å². The number of ether oxygens (including phenoxy) is 1. The normalized spacial score (nSPS) is 10.8. The lowest BCUT2D eigenvalue weighted by molar-refractivity contribution is -0.119. The van der Waals surface area contributed by atoms with Crippen LogP contribution in [0.25, 0.3) is 5.69 Å². The lowest BCUT2D eigenvalue weighted by Gasteiger charge is -2.10. The van der Waals surface area contributed by atoms with Crippen molar-refractivity contribution in [3.63, 3.8) is 0 Å². The van der Waals surface area contributed by atoms with Crippen molar-refractivity contribution in [2.24, 2.45) is 0 Å². The molecule has 158 valence electrons. The van der Waals surface area contributed by atoms with Crippen molar-refractivity contribution in [1.82, 2.24) is 9.78 Å². The first-order valence-corrected chi connectivity index (χ1v) is 11.1. The number of aromatic nitrogens is 2. The summed E-state index contributed by atoms with van der Waals surface area (Å²) in [6.45, 7) is -0.575. The fourth-order valence-corrected chi connectivity index (χ4v) is 3.54. The number of nitrogens with zero attached hydrogens (tertiary/aromatic N) is 3. The topological polar surface area (TPSA) is 131 Å². The first-order valence-electron chi connectivity index (χ1n) is 9.04. The van der Waals surface area contributed by atoms with Gasteiger partial charge in [0.25, 0.3) is 5.91 Å². The summed E-state index contributed by atoms with van der Waals surface area (Å²) in [6, 6.07) is 16.8. The first-order chi connectivity index (χ1) is 14.8. The maximum absolute atomic E-state index is 12.3. The van der Waals surface area contributed by atoms with Gasteiger partial charge in [-0.05, 0) is 29.8 Å². The van der Waals surface area contributed by atoms with Crippen LogP contribution in [0.15, 0.2) is 60.8 Å². The van der Waals surface area contributed by atoms with Crippen LogP contribution in [0, 0.1) is 11.3 Å². The Hall–Kier alpha value is -3.97. The van der Waals surface area contributed by atoms with Gasteiger partial charge >= 0.3 is 5.97 Å². The number of para-hydroxylation sites is 1. The van der Waals surface area contributed by atoms with Gasteiger partial charge < -0.3 is 10.1 Å². The summed E-state index contributed by atoms with van der Waals surface area (Å²) in [5, 5.41) is 15.9. The zero-order valence-electron chi connectivity index (χ0n) is 16.5. The van der Waals surface area contributed by atoms with Crippen LogP contribution in [0.5, 0.6) is 0 Å². The minimum atomic E-state index is -3.19. The van der Waals surface area contributed by atoms with Crippen LogP contribution >= 0.6 is 0 Å². The van der Waals surface area contributed by atoms with Gasteiger partial charge in [0.1, 0.15) is 11.6 Å². The number of nitrogens with one attached hydrogen (secondary N) is 1. The molecule has 10 heteroatoms. The molecule has 3 aromatic rings. The molecule has 0 unspecified atom stereocenters. The number of carbonyl (C=O) groups is 2. The van der Waals surface area contributed by atoms with E-state index in [1.54, 1.807) is 24.3 Å². The highest BCUT2D eigenvalue weighted by molar-refractivity contribution is 7.89. The number of rotatable bonds is 7. The minimum absolute atomic E-state index is 0.138. The number of benzene rings is 2. The molecule has 9 nitrogen and oxygen atoms in total. The molecular weight excluding hydrogens is 420 g/mol. The van der Waals surface area contributed by atoms with Gasteiger partial charge in [-0.25, -0.2) is 17.9 Å². The molecule has 31 heavy (non-hydrogen) atoms. The Morgan fingerprint density at radius 2 is 1.81 bits per heavy atom. The van der Waals surface area contributed by atoms with Crippen molar-refractivity contribution < 1.29 is 22.7 Å². The number of sulfone groups is 1. The summed E-state index contributed by atoms with van der Waals surface area (Å²) in [7, 11) is -3.19. The molecule has 2 aromatic carbocycles. The van der Waals surface area contributed by atoms with Gasteiger partial charge in [-0.15, -0.1) is 0 Å². The Morgan fingerprint density at radius 1 is 1.13 bits per heavy atom. The van der Waals surface area contributed by atoms with Crippen LogP contribution in [0.2, 0.25) is 0 Å². The maximum atomic E-state index is 12.3. The number of hydrogen-bond donors (Lipinski definition) is 1. The third-order valence-electron chi connectivity index (χ3n) is 4.10. The molecule has 0 radical (unpaired) electrons. The van der Waals surface area contributed by atoms with Gasteiger partial charge in [-0.3, -0.25) is 4.79 Å². The molecular formula is C21H18N4O5S. The molecule has 0 aliphatic heterocycles. The van der Waals surface area contributed by atoms with Crippen LogP contribution in [0.3, 0.4) is 0 Å². The van der Waals surface area contributed by atoms with Gasteiger partial charge in [0.2, 0.25) is 0 Å². The summed E-state index contributed by atoms with van der Waals surface area (Å²) in [5.74, 6) is -1.35. The van der Waals surface area contributed by atoms with Gasteiger partial charge in [-0.2, -0.15) is 10.4 Å². The van der Waals surface area contributed by atoms with Gasteiger partial charge in [-0.1, -0.05) is 30.3 Å². The van der Waals surface area contributed by atoms with E-state index >= 15 is 0 Å². The lowest BCUT2D eigenvalue weighted by Crippen LogP contribution is -2.23. The summed E-state index contributed by atoms with van der Waals surface area (Å²) in [6.07, 6.45) is 2.45. The van der Waals surface area contributed by atoms with E-state index in [2.05, 4.69) is 10.4 Å². The van der Waals surface area contributed by atoms with Crippen LogP contribution in [0.4, 0.5) is 5.82 Å². The number of nitriles is 1. The van der Waals surface area contributed by atoms with E-state index < -0.39 is 28.3 Å². The predicted octanol–water partition coefficient (Wildman–Crippen LogP) is 2.08. The number of esters is 1. The van der Waals surface area contributed by atoms with Gasteiger partial charge in [0.15, 0.2) is 22.3 Å². The smallest absolute Gasteiger partial charge is 0.338 e. The maximum Gasteiger partial charge on any atom is 0.338 e. The molecule has 1 amide bonds. The number of carbonyl (C=O) groups excluding carboxylic acids is 2. The third kappa shape index (κ3) is 5.77. The van der Waals surface area contributed by atoms with Crippen LogP contribution in [-0.4, -0.2) is 42.9 Å². The minimum Gasteiger partial charge on any atom is -0.452 e. The fourth-order valence-electron chi connectivity index (χ4n) is 2.74. The average Bonchev–Trinajstić information content (AvgIpc) is 3.14. The molecule has 0 atom stereocenters. The second-order valence-corrected chi connectivity index (χ2v) is 8.80. The van der Waals surface area contributed by atoms with Crippen molar-refractivity contribution in [3.8, 4) is 11.8 Å². The van der Waals surface area contributed by atoms with Crippen molar-refractivity contribution >= 4 is 27.5 Å². The van der Waals surface area contributed by atoms with E-state index in [1.165, 1.54) is 35.1 Å². The summed E-state index contributed by atoms with van der Waals surface area (Å²) in [5.41, 5.74) is 1.52. The highest BCUT2D eigenvalue weighted by Gasteiger charge is 2.17. The monoisotopic (exact) mass is 438 g/mol. The van der Waals surface area contributed by atoms with E-state index in [-0.39, 0.29) is 22.7 Å². The zero-order valence-corrected chi connectivity index (χ0v) is 17.3. The Balaban J connectivity index is 1.64. The summed E-state index contributed by atoms with van der Waals surface area (Å²) < 4.78 is 29.1. The molecule has 0 fully saturated rings. The highest BCUT2D eigenvalue weighted by atomic mass is 32.2. The predicted molar refractivity (Wildman–Crippen MR) is 112 cm³/mol. The second kappa shape index (κ2) is 9.23. The Bertz CT molecular complexity index is 1240. The van der Waals surface area contributed by atoms with Gasteiger partial charge in [0.05, 0.1) is 23.2 Å². The summed E-state index contributed by atoms with van der Waals surface area (Å²) >= 11 is 0. The molecule has 0 saturated heterocycles. The highest BCUT2D eigenvalue weighted by Crippen LogP contribution is 2.19. The second-order valence-electron chi connectivity index (χ2n) is 6.66. The number of amides is 1. The van der Waals surface area contributed by atoms with Crippen LogP contribution in [0.1, 0.15) is 21.5 Å². The Labute approximate surface area is 178 Å². The first kappa shape index (κ1) is 21.7. The number of anilines is 1. The molecule has 1 N–H and O–H groups in total. The quantitative estimate of drug-likeness (QED) is 0.559. The molecule has 0 bridgehead atoms. The SMILES string of the molecule is CS(=O)(=O)Cc1ccc(C(=O)OCC(=O)Nc2c(C#N)cnn2-c2ccccc2)cc1. The van der Waals surface area contributed by atoms with E-state index in [9.17, 15) is 23.3 Å². The van der Waals surface area contributed by atoms with Gasteiger partial charge in [0, 0.05) is 6.26 Å². The van der Waals surface area contributed by atoms with Crippen molar-refractivity contribution in [2.75, 3.05) is 18.2 Å². The van der Waals surface area contributed by atoms with E-state index in [0.717, 1.165) is 6.26 Å². The van der Waals surface area contributed by atoms with Crippen LogP contribution < -0.4 is 5.32 Å². The zero-order chi connectivity index (χ0) is 22.4. The molecule has 3 rings (SSSR count).